The largest absolute Gasteiger partial charge is 0.489 e. The fraction of sp³-hybridized carbons (Fsp3) is 0.286. The maximum absolute atomic E-state index is 13.1. The Kier molecular flexibility index (Phi) is 8.80. The number of hydrogen-bond acceptors (Lipinski definition) is 5. The summed E-state index contributed by atoms with van der Waals surface area (Å²) in [5, 5.41) is 3.91. The lowest BCUT2D eigenvalue weighted by Crippen LogP contribution is -2.50. The fourth-order valence-corrected chi connectivity index (χ4v) is 6.31. The third kappa shape index (κ3) is 6.32. The van der Waals surface area contributed by atoms with Crippen LogP contribution in [0.2, 0.25) is 10.0 Å². The van der Waals surface area contributed by atoms with Crippen LogP contribution in [0.25, 0.3) is 0 Å². The van der Waals surface area contributed by atoms with Crippen molar-refractivity contribution >= 4 is 29.1 Å². The number of nitrogens with one attached hydrogen (secondary N) is 1. The van der Waals surface area contributed by atoms with Crippen LogP contribution in [0.1, 0.15) is 53.3 Å². The highest BCUT2D eigenvalue weighted by atomic mass is 35.5. The number of benzene rings is 4. The molecule has 2 heterocycles. The van der Waals surface area contributed by atoms with Gasteiger partial charge in [-0.3, -0.25) is 9.69 Å². The standard InChI is InChI=1S/C35H34Cl2N2O4/c1-3-30(23-7-5-4-6-8-23)39-19-26-18-33-32(17-25(26)16-31(39)35(40)38-2)42-21-34(43-33)24-10-12-27(13-11-24)41-20-22-9-14-28(36)29(37)15-22/h4-15,17-18,30-31,34H,3,16,19-21H2,1-2H3,(H,38,40). The van der Waals surface area contributed by atoms with E-state index in [1.165, 1.54) is 5.56 Å². The van der Waals surface area contributed by atoms with Crippen molar-refractivity contribution in [2.75, 3.05) is 13.7 Å². The zero-order chi connectivity index (χ0) is 29.9. The van der Waals surface area contributed by atoms with Gasteiger partial charge in [-0.15, -0.1) is 0 Å². The molecule has 6 rings (SSSR count). The van der Waals surface area contributed by atoms with Gasteiger partial charge in [-0.2, -0.15) is 0 Å². The summed E-state index contributed by atoms with van der Waals surface area (Å²) in [6, 6.07) is 27.8. The van der Waals surface area contributed by atoms with Crippen molar-refractivity contribution in [1.29, 1.82) is 0 Å². The molecule has 4 aromatic rings. The van der Waals surface area contributed by atoms with Crippen molar-refractivity contribution in [2.45, 2.75) is 51.1 Å². The van der Waals surface area contributed by atoms with Crippen LogP contribution in [0.3, 0.4) is 0 Å². The highest BCUT2D eigenvalue weighted by Gasteiger charge is 2.37. The van der Waals surface area contributed by atoms with Crippen LogP contribution in [-0.2, 0) is 24.4 Å². The lowest BCUT2D eigenvalue weighted by molar-refractivity contribution is -0.127. The molecule has 3 unspecified atom stereocenters. The van der Waals surface area contributed by atoms with Gasteiger partial charge in [0.15, 0.2) is 17.6 Å². The SMILES string of the molecule is CCC(c1ccccc1)N1Cc2cc3c(cc2CC1C(=O)NC)OCC(c1ccc(OCc2ccc(Cl)c(Cl)c2)cc1)O3. The quantitative estimate of drug-likeness (QED) is 0.220. The molecule has 1 amide bonds. The van der Waals surface area contributed by atoms with Gasteiger partial charge in [-0.1, -0.05) is 78.7 Å². The minimum atomic E-state index is -0.268. The molecule has 1 N–H and O–H groups in total. The Morgan fingerprint density at radius 1 is 0.977 bits per heavy atom. The number of nitrogens with zero attached hydrogens (tertiary/aromatic N) is 1. The molecule has 0 bridgehead atoms. The van der Waals surface area contributed by atoms with E-state index >= 15 is 0 Å². The Labute approximate surface area is 262 Å². The molecule has 2 aliphatic rings. The molecule has 0 aromatic heterocycles. The molecule has 6 nitrogen and oxygen atoms in total. The second-order valence-corrected chi connectivity index (χ2v) is 11.7. The maximum Gasteiger partial charge on any atom is 0.237 e. The number of ether oxygens (including phenoxy) is 3. The molecule has 0 radical (unpaired) electrons. The number of hydrogen-bond donors (Lipinski definition) is 1. The molecule has 0 saturated carbocycles. The molecule has 222 valence electrons. The molecule has 43 heavy (non-hydrogen) atoms. The minimum absolute atomic E-state index is 0.0272. The van der Waals surface area contributed by atoms with E-state index in [1.807, 2.05) is 42.5 Å². The summed E-state index contributed by atoms with van der Waals surface area (Å²) in [6.07, 6.45) is 1.26. The predicted molar refractivity (Wildman–Crippen MR) is 169 cm³/mol. The summed E-state index contributed by atoms with van der Waals surface area (Å²) in [5.74, 6) is 2.21. The van der Waals surface area contributed by atoms with E-state index in [9.17, 15) is 4.79 Å². The van der Waals surface area contributed by atoms with Gasteiger partial charge in [0.2, 0.25) is 5.91 Å². The number of fused-ring (bicyclic) bond motifs is 2. The first-order chi connectivity index (χ1) is 20.9. The number of halogens is 2. The zero-order valence-corrected chi connectivity index (χ0v) is 25.7. The van der Waals surface area contributed by atoms with E-state index in [4.69, 9.17) is 37.4 Å². The molecule has 4 aromatic carbocycles. The van der Waals surface area contributed by atoms with Crippen LogP contribution in [0.5, 0.6) is 17.2 Å². The molecule has 0 fully saturated rings. The normalized spacial score (nSPS) is 18.4. The molecule has 0 aliphatic carbocycles. The Morgan fingerprint density at radius 2 is 1.74 bits per heavy atom. The van der Waals surface area contributed by atoms with Crippen LogP contribution < -0.4 is 19.5 Å². The van der Waals surface area contributed by atoms with Crippen molar-refractivity contribution in [3.8, 4) is 17.2 Å². The van der Waals surface area contributed by atoms with Crippen LogP contribution in [0, 0.1) is 0 Å². The third-order valence-electron chi connectivity index (χ3n) is 8.25. The first kappa shape index (κ1) is 29.4. The van der Waals surface area contributed by atoms with Gasteiger partial charge in [0, 0.05) is 19.6 Å². The molecule has 0 spiro atoms. The number of likely N-dealkylation sites (N-methyl/N-ethyl adjacent to an activating group) is 1. The monoisotopic (exact) mass is 616 g/mol. The fourth-order valence-electron chi connectivity index (χ4n) is 5.98. The average molecular weight is 618 g/mol. The van der Waals surface area contributed by atoms with Gasteiger partial charge in [0.25, 0.3) is 0 Å². The summed E-state index contributed by atoms with van der Waals surface area (Å²) in [7, 11) is 1.71. The van der Waals surface area contributed by atoms with Crippen molar-refractivity contribution in [3.63, 3.8) is 0 Å². The van der Waals surface area contributed by atoms with Crippen molar-refractivity contribution in [3.05, 3.63) is 123 Å². The van der Waals surface area contributed by atoms with Crippen LogP contribution in [-0.4, -0.2) is 30.5 Å². The smallest absolute Gasteiger partial charge is 0.237 e. The Bertz CT molecular complexity index is 1600. The third-order valence-corrected chi connectivity index (χ3v) is 8.99. The second kappa shape index (κ2) is 12.9. The van der Waals surface area contributed by atoms with Gasteiger partial charge < -0.3 is 19.5 Å². The summed E-state index contributed by atoms with van der Waals surface area (Å²) in [6.45, 7) is 3.60. The first-order valence-corrected chi connectivity index (χ1v) is 15.3. The summed E-state index contributed by atoms with van der Waals surface area (Å²) >= 11 is 12.1. The number of carbonyl (C=O) groups is 1. The zero-order valence-electron chi connectivity index (χ0n) is 24.2. The number of carbonyl (C=O) groups excluding carboxylic acids is 1. The van der Waals surface area contributed by atoms with Gasteiger partial charge in [0.1, 0.15) is 19.0 Å². The van der Waals surface area contributed by atoms with Gasteiger partial charge >= 0.3 is 0 Å². The summed E-state index contributed by atoms with van der Waals surface area (Å²) in [4.78, 5) is 15.4. The Morgan fingerprint density at radius 3 is 2.47 bits per heavy atom. The molecule has 2 aliphatic heterocycles. The summed E-state index contributed by atoms with van der Waals surface area (Å²) in [5.41, 5.74) is 5.43. The maximum atomic E-state index is 13.1. The van der Waals surface area contributed by atoms with Crippen molar-refractivity contribution < 1.29 is 19.0 Å². The lowest BCUT2D eigenvalue weighted by atomic mass is 9.89. The van der Waals surface area contributed by atoms with E-state index in [0.29, 0.717) is 36.2 Å². The first-order valence-electron chi connectivity index (χ1n) is 14.6. The van der Waals surface area contributed by atoms with Gasteiger partial charge in [-0.25, -0.2) is 0 Å². The van der Waals surface area contributed by atoms with Crippen molar-refractivity contribution in [1.82, 2.24) is 10.2 Å². The van der Waals surface area contributed by atoms with E-state index in [1.54, 1.807) is 13.1 Å². The van der Waals surface area contributed by atoms with E-state index < -0.39 is 0 Å². The molecule has 3 atom stereocenters. The minimum Gasteiger partial charge on any atom is -0.489 e. The topological polar surface area (TPSA) is 60.0 Å². The van der Waals surface area contributed by atoms with Crippen LogP contribution >= 0.6 is 23.2 Å². The Balaban J connectivity index is 1.18. The van der Waals surface area contributed by atoms with E-state index in [0.717, 1.165) is 45.9 Å². The van der Waals surface area contributed by atoms with Gasteiger partial charge in [0.05, 0.1) is 16.1 Å². The highest BCUT2D eigenvalue weighted by molar-refractivity contribution is 6.42. The number of amides is 1. The average Bonchev–Trinajstić information content (AvgIpc) is 3.04. The lowest BCUT2D eigenvalue weighted by Gasteiger charge is -2.41. The molecular formula is C35H34Cl2N2O4. The van der Waals surface area contributed by atoms with Gasteiger partial charge in [-0.05, 0) is 77.1 Å². The van der Waals surface area contributed by atoms with Crippen LogP contribution in [0.15, 0.2) is 84.9 Å². The Hall–Kier alpha value is -3.71. The highest BCUT2D eigenvalue weighted by Crippen LogP contribution is 2.42. The van der Waals surface area contributed by atoms with Crippen molar-refractivity contribution in [2.24, 2.45) is 0 Å². The molecule has 0 saturated heterocycles. The van der Waals surface area contributed by atoms with E-state index in [-0.39, 0.29) is 24.1 Å². The van der Waals surface area contributed by atoms with E-state index in [2.05, 4.69) is 53.5 Å². The number of rotatable bonds is 8. The molecule has 8 heteroatoms. The predicted octanol–water partition coefficient (Wildman–Crippen LogP) is 7.71. The van der Waals surface area contributed by atoms with Crippen LogP contribution in [0.4, 0.5) is 0 Å². The summed E-state index contributed by atoms with van der Waals surface area (Å²) < 4.78 is 18.6. The second-order valence-electron chi connectivity index (χ2n) is 10.9. The molecular weight excluding hydrogens is 583 g/mol.